The van der Waals surface area contributed by atoms with Crippen LogP contribution >= 0.6 is 11.8 Å². The highest BCUT2D eigenvalue weighted by molar-refractivity contribution is 8.14. The van der Waals surface area contributed by atoms with E-state index in [1.54, 1.807) is 19.1 Å². The number of rotatable bonds is 6. The number of aromatic hydroxyl groups is 1. The van der Waals surface area contributed by atoms with Gasteiger partial charge < -0.3 is 15.2 Å². The SMILES string of the molecule is C/C=C\C.CC.CCOC(=O)C(CSC(=O)c1ccccc1O)NC(C)=O. The van der Waals surface area contributed by atoms with Gasteiger partial charge in [-0.15, -0.1) is 0 Å². The number of amides is 1. The van der Waals surface area contributed by atoms with E-state index < -0.39 is 12.0 Å². The first-order valence-electron chi connectivity index (χ1n) is 8.83. The van der Waals surface area contributed by atoms with Gasteiger partial charge in [0.05, 0.1) is 12.2 Å². The van der Waals surface area contributed by atoms with Crippen LogP contribution in [0, 0.1) is 0 Å². The first-order chi connectivity index (χ1) is 12.9. The van der Waals surface area contributed by atoms with Gasteiger partial charge in [-0.3, -0.25) is 9.59 Å². The molecule has 7 heteroatoms. The number of nitrogens with one attached hydrogen (secondary N) is 1. The van der Waals surface area contributed by atoms with E-state index in [0.717, 1.165) is 11.8 Å². The smallest absolute Gasteiger partial charge is 0.329 e. The van der Waals surface area contributed by atoms with Gasteiger partial charge in [-0.25, -0.2) is 4.79 Å². The Morgan fingerprint density at radius 2 is 1.74 bits per heavy atom. The highest BCUT2D eigenvalue weighted by Gasteiger charge is 2.23. The Bertz CT molecular complexity index is 598. The van der Waals surface area contributed by atoms with Crippen molar-refractivity contribution >= 4 is 28.8 Å². The zero-order chi connectivity index (χ0) is 21.2. The fourth-order valence-electron chi connectivity index (χ4n) is 1.54. The molecule has 0 fully saturated rings. The number of thioether (sulfide) groups is 1. The molecule has 27 heavy (non-hydrogen) atoms. The molecule has 0 aliphatic carbocycles. The van der Waals surface area contributed by atoms with E-state index >= 15 is 0 Å². The maximum Gasteiger partial charge on any atom is 0.329 e. The largest absolute Gasteiger partial charge is 0.507 e. The summed E-state index contributed by atoms with van der Waals surface area (Å²) in [5, 5.41) is 11.6. The number of phenolic OH excluding ortho intramolecular Hbond substituents is 1. The molecule has 2 N–H and O–H groups in total. The fourth-order valence-corrected chi connectivity index (χ4v) is 2.41. The molecule has 0 bridgehead atoms. The predicted molar refractivity (Wildman–Crippen MR) is 111 cm³/mol. The third-order valence-electron chi connectivity index (χ3n) is 2.79. The van der Waals surface area contributed by atoms with Crippen molar-refractivity contribution in [1.82, 2.24) is 5.32 Å². The summed E-state index contributed by atoms with van der Waals surface area (Å²) in [5.74, 6) is -1.07. The summed E-state index contributed by atoms with van der Waals surface area (Å²) in [6.07, 6.45) is 4.00. The third-order valence-corrected chi connectivity index (χ3v) is 3.77. The molecule has 0 aliphatic heterocycles. The van der Waals surface area contributed by atoms with Crippen LogP contribution in [-0.4, -0.2) is 40.5 Å². The van der Waals surface area contributed by atoms with Crippen molar-refractivity contribution in [2.24, 2.45) is 0 Å². The number of allylic oxidation sites excluding steroid dienone is 2. The van der Waals surface area contributed by atoms with Gasteiger partial charge in [0.15, 0.2) is 0 Å². The van der Waals surface area contributed by atoms with Crippen LogP contribution in [0.5, 0.6) is 5.75 Å². The second-order valence-corrected chi connectivity index (χ2v) is 5.78. The summed E-state index contributed by atoms with van der Waals surface area (Å²) < 4.78 is 4.84. The van der Waals surface area contributed by atoms with Crippen LogP contribution < -0.4 is 5.32 Å². The Hall–Kier alpha value is -2.28. The molecule has 0 aromatic heterocycles. The Morgan fingerprint density at radius 3 is 2.19 bits per heavy atom. The van der Waals surface area contributed by atoms with Gasteiger partial charge in [0.2, 0.25) is 11.0 Å². The number of phenols is 1. The van der Waals surface area contributed by atoms with Crippen molar-refractivity contribution in [2.75, 3.05) is 12.4 Å². The van der Waals surface area contributed by atoms with Crippen molar-refractivity contribution in [1.29, 1.82) is 0 Å². The minimum atomic E-state index is -0.901. The van der Waals surface area contributed by atoms with Crippen molar-refractivity contribution in [3.05, 3.63) is 42.0 Å². The molecule has 0 saturated carbocycles. The standard InChI is InChI=1S/C14H17NO5S.C4H8.C2H6/c1-3-20-13(18)11(15-9(2)16)8-21-14(19)10-6-4-5-7-12(10)17;1-3-4-2;1-2/h4-7,11,17H,3,8H2,1-2H3,(H,15,16);3-4H,1-2H3;1-2H3/b;4-3-;. The highest BCUT2D eigenvalue weighted by Crippen LogP contribution is 2.22. The molecule has 0 spiro atoms. The summed E-state index contributed by atoms with van der Waals surface area (Å²) >= 11 is 0.833. The molecular formula is C20H31NO5S. The van der Waals surface area contributed by atoms with Gasteiger partial charge in [-0.05, 0) is 32.9 Å². The normalized spacial score (nSPS) is 10.6. The number of hydrogen-bond acceptors (Lipinski definition) is 6. The molecule has 1 amide bonds. The molecule has 0 saturated heterocycles. The van der Waals surface area contributed by atoms with Gasteiger partial charge in [0, 0.05) is 12.7 Å². The van der Waals surface area contributed by atoms with Crippen LogP contribution in [0.1, 0.15) is 51.9 Å². The van der Waals surface area contributed by atoms with Crippen LogP contribution in [0.25, 0.3) is 0 Å². The van der Waals surface area contributed by atoms with Gasteiger partial charge in [0.25, 0.3) is 0 Å². The summed E-state index contributed by atoms with van der Waals surface area (Å²) in [6, 6.07) is 5.23. The van der Waals surface area contributed by atoms with Crippen LogP contribution in [0.4, 0.5) is 0 Å². The number of benzene rings is 1. The van der Waals surface area contributed by atoms with Gasteiger partial charge in [-0.2, -0.15) is 0 Å². The summed E-state index contributed by atoms with van der Waals surface area (Å²) in [4.78, 5) is 34.7. The molecule has 1 aromatic rings. The van der Waals surface area contributed by atoms with E-state index in [4.69, 9.17) is 4.74 Å². The Morgan fingerprint density at radius 1 is 1.19 bits per heavy atom. The lowest BCUT2D eigenvalue weighted by molar-refractivity contribution is -0.146. The summed E-state index contributed by atoms with van der Waals surface area (Å²) in [7, 11) is 0. The van der Waals surface area contributed by atoms with Crippen molar-refractivity contribution < 1.29 is 24.2 Å². The first kappa shape index (κ1) is 26.9. The minimum Gasteiger partial charge on any atom is -0.507 e. The molecule has 0 heterocycles. The molecule has 1 atom stereocenters. The van der Waals surface area contributed by atoms with E-state index in [0.29, 0.717) is 0 Å². The average molecular weight is 398 g/mol. The summed E-state index contributed by atoms with van der Waals surface area (Å²) in [5.41, 5.74) is 0.160. The number of ether oxygens (including phenoxy) is 1. The topological polar surface area (TPSA) is 92.7 Å². The van der Waals surface area contributed by atoms with E-state index in [-0.39, 0.29) is 34.7 Å². The van der Waals surface area contributed by atoms with E-state index in [1.165, 1.54) is 19.1 Å². The quantitative estimate of drug-likeness (QED) is 0.558. The van der Waals surface area contributed by atoms with Gasteiger partial charge >= 0.3 is 5.97 Å². The van der Waals surface area contributed by atoms with E-state index in [9.17, 15) is 19.5 Å². The number of hydrogen-bond donors (Lipinski definition) is 2. The second-order valence-electron chi connectivity index (χ2n) is 4.79. The van der Waals surface area contributed by atoms with Gasteiger partial charge in [0.1, 0.15) is 11.8 Å². The van der Waals surface area contributed by atoms with Gasteiger partial charge in [-0.1, -0.05) is 49.9 Å². The zero-order valence-electron chi connectivity index (χ0n) is 16.9. The Kier molecular flexibility index (Phi) is 17.1. The average Bonchev–Trinajstić information content (AvgIpc) is 2.67. The lowest BCUT2D eigenvalue weighted by Gasteiger charge is -2.15. The Labute approximate surface area is 166 Å². The molecular weight excluding hydrogens is 366 g/mol. The summed E-state index contributed by atoms with van der Waals surface area (Å²) in [6.45, 7) is 11.1. The van der Waals surface area contributed by atoms with Crippen LogP contribution in [0.3, 0.4) is 0 Å². The lowest BCUT2D eigenvalue weighted by atomic mass is 10.2. The van der Waals surface area contributed by atoms with E-state index in [2.05, 4.69) is 5.32 Å². The predicted octanol–water partition coefficient (Wildman–Crippen LogP) is 3.94. The number of carbonyl (C=O) groups excluding carboxylic acids is 3. The van der Waals surface area contributed by atoms with E-state index in [1.807, 2.05) is 39.8 Å². The van der Waals surface area contributed by atoms with Crippen molar-refractivity contribution in [3.8, 4) is 5.75 Å². The molecule has 1 aromatic carbocycles. The second kappa shape index (κ2) is 17.1. The molecule has 6 nitrogen and oxygen atoms in total. The molecule has 152 valence electrons. The number of para-hydroxylation sites is 1. The monoisotopic (exact) mass is 397 g/mol. The lowest BCUT2D eigenvalue weighted by Crippen LogP contribution is -2.42. The maximum atomic E-state index is 12.0. The fraction of sp³-hybridized carbons (Fsp3) is 0.450. The minimum absolute atomic E-state index is 0.0333. The molecule has 0 aliphatic rings. The number of carbonyl (C=O) groups is 3. The Balaban J connectivity index is 0. The zero-order valence-corrected chi connectivity index (χ0v) is 17.8. The van der Waals surface area contributed by atoms with Crippen LogP contribution in [-0.2, 0) is 14.3 Å². The number of esters is 1. The maximum absolute atomic E-state index is 12.0. The molecule has 1 unspecified atom stereocenters. The van der Waals surface area contributed by atoms with Crippen LogP contribution in [0.15, 0.2) is 36.4 Å². The van der Waals surface area contributed by atoms with Crippen molar-refractivity contribution in [2.45, 2.75) is 47.6 Å². The van der Waals surface area contributed by atoms with Crippen molar-refractivity contribution in [3.63, 3.8) is 0 Å². The molecule has 1 rings (SSSR count). The first-order valence-corrected chi connectivity index (χ1v) is 9.82. The molecule has 0 radical (unpaired) electrons. The van der Waals surface area contributed by atoms with Crippen LogP contribution in [0.2, 0.25) is 0 Å². The third kappa shape index (κ3) is 12.7. The highest BCUT2D eigenvalue weighted by atomic mass is 32.2.